The Kier molecular flexibility index (Phi) is 5.89. The molecule has 0 bridgehead atoms. The minimum absolute atomic E-state index is 0.359. The lowest BCUT2D eigenvalue weighted by Gasteiger charge is -2.13. The summed E-state index contributed by atoms with van der Waals surface area (Å²) in [6.45, 7) is 3.85. The SMILES string of the molecule is CCc1cccc(C)c1NC(=O)C(=O)Nc1ccc(C(=O)OC)cc1. The van der Waals surface area contributed by atoms with Crippen molar-refractivity contribution in [3.63, 3.8) is 0 Å². The molecule has 2 amide bonds. The zero-order valence-electron chi connectivity index (χ0n) is 14.4. The third kappa shape index (κ3) is 4.44. The maximum absolute atomic E-state index is 12.2. The second-order valence-electron chi connectivity index (χ2n) is 5.44. The molecular formula is C19H20N2O4. The van der Waals surface area contributed by atoms with Crippen molar-refractivity contribution >= 4 is 29.2 Å². The fourth-order valence-electron chi connectivity index (χ4n) is 2.37. The molecule has 130 valence electrons. The summed E-state index contributed by atoms with van der Waals surface area (Å²) >= 11 is 0. The van der Waals surface area contributed by atoms with Gasteiger partial charge in [0.15, 0.2) is 0 Å². The van der Waals surface area contributed by atoms with Gasteiger partial charge in [0.2, 0.25) is 0 Å². The number of carbonyl (C=O) groups excluding carboxylic acids is 3. The number of rotatable bonds is 4. The molecule has 0 fully saturated rings. The highest BCUT2D eigenvalue weighted by Gasteiger charge is 2.17. The number of carbonyl (C=O) groups is 3. The molecule has 2 aromatic carbocycles. The molecule has 0 saturated heterocycles. The van der Waals surface area contributed by atoms with Gasteiger partial charge >= 0.3 is 17.8 Å². The van der Waals surface area contributed by atoms with Crippen LogP contribution in [0.15, 0.2) is 42.5 Å². The average molecular weight is 340 g/mol. The molecule has 6 nitrogen and oxygen atoms in total. The van der Waals surface area contributed by atoms with Crippen molar-refractivity contribution in [3.8, 4) is 0 Å². The Morgan fingerprint density at radius 3 is 2.20 bits per heavy atom. The summed E-state index contributed by atoms with van der Waals surface area (Å²) in [5.74, 6) is -2.00. The molecule has 0 aliphatic rings. The summed E-state index contributed by atoms with van der Waals surface area (Å²) in [6.07, 6.45) is 0.744. The van der Waals surface area contributed by atoms with Crippen LogP contribution < -0.4 is 10.6 Å². The summed E-state index contributed by atoms with van der Waals surface area (Å²) in [7, 11) is 1.29. The minimum Gasteiger partial charge on any atom is -0.465 e. The zero-order valence-corrected chi connectivity index (χ0v) is 14.4. The van der Waals surface area contributed by atoms with Gasteiger partial charge in [-0.15, -0.1) is 0 Å². The van der Waals surface area contributed by atoms with E-state index in [1.54, 1.807) is 0 Å². The molecule has 0 aliphatic heterocycles. The molecule has 0 spiro atoms. The molecule has 0 heterocycles. The fourth-order valence-corrected chi connectivity index (χ4v) is 2.37. The van der Waals surface area contributed by atoms with Crippen molar-refractivity contribution in [1.82, 2.24) is 0 Å². The maximum Gasteiger partial charge on any atom is 0.337 e. The Labute approximate surface area is 146 Å². The predicted molar refractivity (Wildman–Crippen MR) is 95.6 cm³/mol. The lowest BCUT2D eigenvalue weighted by molar-refractivity contribution is -0.133. The number of aryl methyl sites for hydroxylation is 2. The number of methoxy groups -OCH3 is 1. The van der Waals surface area contributed by atoms with Crippen molar-refractivity contribution in [2.45, 2.75) is 20.3 Å². The van der Waals surface area contributed by atoms with Gasteiger partial charge in [-0.3, -0.25) is 9.59 Å². The summed E-state index contributed by atoms with van der Waals surface area (Å²) in [6, 6.07) is 11.8. The van der Waals surface area contributed by atoms with E-state index in [-0.39, 0.29) is 0 Å². The minimum atomic E-state index is -0.781. The van der Waals surface area contributed by atoms with Crippen LogP contribution in [0.1, 0.15) is 28.4 Å². The molecule has 0 aliphatic carbocycles. The van der Waals surface area contributed by atoms with Crippen molar-refractivity contribution < 1.29 is 19.1 Å². The van der Waals surface area contributed by atoms with Crippen molar-refractivity contribution in [2.75, 3.05) is 17.7 Å². The largest absolute Gasteiger partial charge is 0.465 e. The number of amides is 2. The molecule has 0 radical (unpaired) electrons. The van der Waals surface area contributed by atoms with E-state index in [0.717, 1.165) is 17.5 Å². The van der Waals surface area contributed by atoms with Crippen molar-refractivity contribution in [3.05, 3.63) is 59.2 Å². The van der Waals surface area contributed by atoms with E-state index in [1.807, 2.05) is 32.0 Å². The smallest absolute Gasteiger partial charge is 0.337 e. The number of ether oxygens (including phenoxy) is 1. The quantitative estimate of drug-likeness (QED) is 0.662. The summed E-state index contributed by atoms with van der Waals surface area (Å²) in [4.78, 5) is 35.6. The average Bonchev–Trinajstić information content (AvgIpc) is 2.63. The predicted octanol–water partition coefficient (Wildman–Crippen LogP) is 2.92. The number of esters is 1. The van der Waals surface area contributed by atoms with E-state index in [4.69, 9.17) is 0 Å². The molecule has 0 saturated carbocycles. The van der Waals surface area contributed by atoms with Gasteiger partial charge in [-0.2, -0.15) is 0 Å². The summed E-state index contributed by atoms with van der Waals surface area (Å²) in [5, 5.41) is 5.16. The Hall–Kier alpha value is -3.15. The third-order valence-electron chi connectivity index (χ3n) is 3.75. The lowest BCUT2D eigenvalue weighted by atomic mass is 10.1. The van der Waals surface area contributed by atoms with Gasteiger partial charge in [0.1, 0.15) is 0 Å². The number of nitrogens with one attached hydrogen (secondary N) is 2. The number of para-hydroxylation sites is 1. The Bertz CT molecular complexity index is 798. The van der Waals surface area contributed by atoms with Crippen molar-refractivity contribution in [2.24, 2.45) is 0 Å². The zero-order chi connectivity index (χ0) is 18.4. The van der Waals surface area contributed by atoms with Gasteiger partial charge in [0, 0.05) is 11.4 Å². The first-order chi connectivity index (χ1) is 12.0. The monoisotopic (exact) mass is 340 g/mol. The lowest BCUT2D eigenvalue weighted by Crippen LogP contribution is -2.29. The molecule has 25 heavy (non-hydrogen) atoms. The van der Waals surface area contributed by atoms with Crippen LogP contribution in [0, 0.1) is 6.92 Å². The van der Waals surface area contributed by atoms with E-state index in [1.165, 1.54) is 31.4 Å². The van der Waals surface area contributed by atoms with E-state index >= 15 is 0 Å². The van der Waals surface area contributed by atoms with Crippen LogP contribution in [-0.4, -0.2) is 24.9 Å². The van der Waals surface area contributed by atoms with Crippen LogP contribution in [0.25, 0.3) is 0 Å². The first-order valence-electron chi connectivity index (χ1n) is 7.85. The van der Waals surface area contributed by atoms with E-state index < -0.39 is 17.8 Å². The maximum atomic E-state index is 12.2. The van der Waals surface area contributed by atoms with Gasteiger partial charge in [-0.25, -0.2) is 4.79 Å². The molecule has 2 N–H and O–H groups in total. The highest BCUT2D eigenvalue weighted by Crippen LogP contribution is 2.21. The van der Waals surface area contributed by atoms with Crippen LogP contribution >= 0.6 is 0 Å². The normalized spacial score (nSPS) is 10.0. The molecule has 0 atom stereocenters. The molecular weight excluding hydrogens is 320 g/mol. The van der Waals surface area contributed by atoms with Crippen LogP contribution in [0.2, 0.25) is 0 Å². The first-order valence-corrected chi connectivity index (χ1v) is 7.85. The molecule has 2 aromatic rings. The molecule has 6 heteroatoms. The summed E-state index contributed by atoms with van der Waals surface area (Å²) < 4.78 is 4.60. The summed E-state index contributed by atoms with van der Waals surface area (Å²) in [5.41, 5.74) is 3.28. The molecule has 0 unspecified atom stereocenters. The third-order valence-corrected chi connectivity index (χ3v) is 3.75. The van der Waals surface area contributed by atoms with Crippen LogP contribution in [0.3, 0.4) is 0 Å². The highest BCUT2D eigenvalue weighted by molar-refractivity contribution is 6.43. The van der Waals surface area contributed by atoms with Gasteiger partial charge in [-0.05, 0) is 48.7 Å². The molecule has 2 rings (SSSR count). The Morgan fingerprint density at radius 2 is 1.60 bits per heavy atom. The topological polar surface area (TPSA) is 84.5 Å². The Morgan fingerprint density at radius 1 is 0.960 bits per heavy atom. The number of benzene rings is 2. The van der Waals surface area contributed by atoms with Gasteiger partial charge in [-0.1, -0.05) is 25.1 Å². The van der Waals surface area contributed by atoms with Crippen molar-refractivity contribution in [1.29, 1.82) is 0 Å². The van der Waals surface area contributed by atoms with E-state index in [9.17, 15) is 14.4 Å². The van der Waals surface area contributed by atoms with E-state index in [0.29, 0.717) is 16.9 Å². The number of anilines is 2. The van der Waals surface area contributed by atoms with Gasteiger partial charge in [0.05, 0.1) is 12.7 Å². The first kappa shape index (κ1) is 18.2. The van der Waals surface area contributed by atoms with Crippen LogP contribution in [0.4, 0.5) is 11.4 Å². The Balaban J connectivity index is 2.06. The fraction of sp³-hybridized carbons (Fsp3) is 0.211. The standard InChI is InChI=1S/C19H20N2O4/c1-4-13-7-5-6-12(2)16(13)21-18(23)17(22)20-15-10-8-14(9-11-15)19(24)25-3/h5-11H,4H2,1-3H3,(H,20,22)(H,21,23). The second-order valence-corrected chi connectivity index (χ2v) is 5.44. The number of hydrogen-bond donors (Lipinski definition) is 2. The van der Waals surface area contributed by atoms with Gasteiger partial charge < -0.3 is 15.4 Å². The second kappa shape index (κ2) is 8.10. The number of hydrogen-bond acceptors (Lipinski definition) is 4. The van der Waals surface area contributed by atoms with E-state index in [2.05, 4.69) is 15.4 Å². The van der Waals surface area contributed by atoms with Crippen LogP contribution in [-0.2, 0) is 20.7 Å². The van der Waals surface area contributed by atoms with Crippen LogP contribution in [0.5, 0.6) is 0 Å². The highest BCUT2D eigenvalue weighted by atomic mass is 16.5. The van der Waals surface area contributed by atoms with Gasteiger partial charge in [0.25, 0.3) is 0 Å². The molecule has 0 aromatic heterocycles.